The fourth-order valence-electron chi connectivity index (χ4n) is 3.13. The normalized spacial score (nSPS) is 12.6. The second kappa shape index (κ2) is 8.55. The summed E-state index contributed by atoms with van der Waals surface area (Å²) in [7, 11) is 2.97. The molecule has 2 N–H and O–H groups in total. The van der Waals surface area contributed by atoms with E-state index in [1.165, 1.54) is 20.2 Å². The van der Waals surface area contributed by atoms with E-state index in [4.69, 9.17) is 4.74 Å². The number of fused-ring (bicyclic) bond motifs is 1. The van der Waals surface area contributed by atoms with Crippen LogP contribution in [0.5, 0.6) is 5.75 Å². The molecule has 0 aliphatic carbocycles. The molecule has 1 heterocycles. The van der Waals surface area contributed by atoms with Crippen molar-refractivity contribution in [2.45, 2.75) is 12.8 Å². The molecule has 0 saturated heterocycles. The standard InChI is InChI=1S/C21H21N3O5/c1-22-19(26)13-9-10-16(17(12-13)29-2)23-18(25)8-5-11-24-20(27)14-6-3-4-7-15(14)21(24)28/h3-4,6-7,9-10,12H,5,8,11H2,1-2H3,(H,22,26)(H,23,25). The van der Waals surface area contributed by atoms with Crippen molar-refractivity contribution in [3.63, 3.8) is 0 Å². The summed E-state index contributed by atoms with van der Waals surface area (Å²) in [4.78, 5) is 49.8. The zero-order chi connectivity index (χ0) is 21.0. The predicted molar refractivity (Wildman–Crippen MR) is 106 cm³/mol. The molecule has 29 heavy (non-hydrogen) atoms. The molecule has 3 rings (SSSR count). The van der Waals surface area contributed by atoms with Gasteiger partial charge in [-0.15, -0.1) is 0 Å². The van der Waals surface area contributed by atoms with Crippen molar-refractivity contribution in [3.8, 4) is 5.75 Å². The van der Waals surface area contributed by atoms with Gasteiger partial charge in [-0.1, -0.05) is 12.1 Å². The first-order valence-corrected chi connectivity index (χ1v) is 9.11. The van der Waals surface area contributed by atoms with E-state index in [9.17, 15) is 19.2 Å². The maximum atomic E-state index is 12.3. The lowest BCUT2D eigenvalue weighted by molar-refractivity contribution is -0.116. The number of anilines is 1. The minimum absolute atomic E-state index is 0.119. The molecule has 2 aromatic rings. The van der Waals surface area contributed by atoms with Gasteiger partial charge in [0.05, 0.1) is 23.9 Å². The van der Waals surface area contributed by atoms with Crippen LogP contribution in [0.4, 0.5) is 5.69 Å². The van der Waals surface area contributed by atoms with Crippen molar-refractivity contribution < 1.29 is 23.9 Å². The summed E-state index contributed by atoms with van der Waals surface area (Å²) in [5, 5.41) is 5.25. The van der Waals surface area contributed by atoms with E-state index in [1.54, 1.807) is 36.4 Å². The smallest absolute Gasteiger partial charge is 0.261 e. The summed E-state index contributed by atoms with van der Waals surface area (Å²) in [6, 6.07) is 11.4. The zero-order valence-corrected chi connectivity index (χ0v) is 16.2. The third-order valence-corrected chi connectivity index (χ3v) is 4.63. The summed E-state index contributed by atoms with van der Waals surface area (Å²) >= 11 is 0. The van der Waals surface area contributed by atoms with Gasteiger partial charge in [-0.3, -0.25) is 24.1 Å². The summed E-state index contributed by atoms with van der Waals surface area (Å²) in [5.41, 5.74) is 1.63. The summed E-state index contributed by atoms with van der Waals surface area (Å²) < 4.78 is 5.24. The number of carbonyl (C=O) groups is 4. The lowest BCUT2D eigenvalue weighted by Gasteiger charge is -2.14. The van der Waals surface area contributed by atoms with E-state index in [2.05, 4.69) is 10.6 Å². The van der Waals surface area contributed by atoms with E-state index in [0.29, 0.717) is 34.5 Å². The minimum atomic E-state index is -0.336. The molecule has 1 aliphatic heterocycles. The Bertz CT molecular complexity index is 951. The van der Waals surface area contributed by atoms with Crippen LogP contribution in [0, 0.1) is 0 Å². The third kappa shape index (κ3) is 4.11. The Labute approximate surface area is 167 Å². The number of amides is 4. The Morgan fingerprint density at radius 2 is 1.69 bits per heavy atom. The number of nitrogens with one attached hydrogen (secondary N) is 2. The molecule has 0 saturated carbocycles. The van der Waals surface area contributed by atoms with Crippen molar-refractivity contribution in [1.82, 2.24) is 10.2 Å². The average molecular weight is 395 g/mol. The van der Waals surface area contributed by atoms with Crippen LogP contribution in [-0.4, -0.2) is 49.2 Å². The Morgan fingerprint density at radius 1 is 1.03 bits per heavy atom. The largest absolute Gasteiger partial charge is 0.495 e. The molecule has 0 unspecified atom stereocenters. The first-order valence-electron chi connectivity index (χ1n) is 9.11. The molecule has 8 heteroatoms. The van der Waals surface area contributed by atoms with Crippen LogP contribution in [-0.2, 0) is 4.79 Å². The van der Waals surface area contributed by atoms with E-state index in [1.807, 2.05) is 0 Å². The Morgan fingerprint density at radius 3 is 2.28 bits per heavy atom. The van der Waals surface area contributed by atoms with Crippen LogP contribution in [0.2, 0.25) is 0 Å². The van der Waals surface area contributed by atoms with E-state index >= 15 is 0 Å². The number of hydrogen-bond donors (Lipinski definition) is 2. The van der Waals surface area contributed by atoms with Crippen molar-refractivity contribution in [2.24, 2.45) is 0 Å². The molecule has 8 nitrogen and oxygen atoms in total. The lowest BCUT2D eigenvalue weighted by Crippen LogP contribution is -2.31. The molecule has 0 aromatic heterocycles. The molecule has 0 bridgehead atoms. The quantitative estimate of drug-likeness (QED) is 0.699. The second-order valence-electron chi connectivity index (χ2n) is 6.45. The van der Waals surface area contributed by atoms with E-state index < -0.39 is 0 Å². The Kier molecular flexibility index (Phi) is 5.92. The third-order valence-electron chi connectivity index (χ3n) is 4.63. The molecule has 4 amide bonds. The second-order valence-corrected chi connectivity index (χ2v) is 6.45. The number of hydrogen-bond acceptors (Lipinski definition) is 5. The first-order chi connectivity index (χ1) is 14.0. The monoisotopic (exact) mass is 395 g/mol. The van der Waals surface area contributed by atoms with Gasteiger partial charge in [0.1, 0.15) is 5.75 Å². The molecule has 150 valence electrons. The molecular formula is C21H21N3O5. The number of carbonyl (C=O) groups excluding carboxylic acids is 4. The van der Waals surface area contributed by atoms with Gasteiger partial charge < -0.3 is 15.4 Å². The van der Waals surface area contributed by atoms with Crippen LogP contribution in [0.25, 0.3) is 0 Å². The summed E-state index contributed by atoms with van der Waals surface area (Å²) in [6.07, 6.45) is 0.448. The van der Waals surface area contributed by atoms with Crippen molar-refractivity contribution in [1.29, 1.82) is 0 Å². The van der Waals surface area contributed by atoms with E-state index in [-0.39, 0.29) is 36.6 Å². The van der Waals surface area contributed by atoms with Gasteiger partial charge in [0.2, 0.25) is 5.91 Å². The number of imide groups is 1. The van der Waals surface area contributed by atoms with Crippen molar-refractivity contribution in [2.75, 3.05) is 26.0 Å². The fraction of sp³-hybridized carbons (Fsp3) is 0.238. The van der Waals surface area contributed by atoms with Gasteiger partial charge in [-0.05, 0) is 36.8 Å². The van der Waals surface area contributed by atoms with Crippen LogP contribution >= 0.6 is 0 Å². The average Bonchev–Trinajstić information content (AvgIpc) is 2.98. The molecule has 2 aromatic carbocycles. The molecule has 0 spiro atoms. The van der Waals surface area contributed by atoms with Gasteiger partial charge >= 0.3 is 0 Å². The number of methoxy groups -OCH3 is 1. The van der Waals surface area contributed by atoms with Crippen LogP contribution < -0.4 is 15.4 Å². The van der Waals surface area contributed by atoms with Crippen LogP contribution in [0.15, 0.2) is 42.5 Å². The van der Waals surface area contributed by atoms with E-state index in [0.717, 1.165) is 4.90 Å². The van der Waals surface area contributed by atoms with Gasteiger partial charge in [0, 0.05) is 25.6 Å². The van der Waals surface area contributed by atoms with Gasteiger partial charge in [-0.25, -0.2) is 0 Å². The molecule has 0 radical (unpaired) electrons. The maximum Gasteiger partial charge on any atom is 0.261 e. The SMILES string of the molecule is CNC(=O)c1ccc(NC(=O)CCCN2C(=O)c3ccccc3C2=O)c(OC)c1. The highest BCUT2D eigenvalue weighted by Gasteiger charge is 2.34. The fourth-order valence-corrected chi connectivity index (χ4v) is 3.13. The van der Waals surface area contributed by atoms with Crippen molar-refractivity contribution >= 4 is 29.3 Å². The van der Waals surface area contributed by atoms with Crippen molar-refractivity contribution in [3.05, 3.63) is 59.2 Å². The molecule has 0 atom stereocenters. The Balaban J connectivity index is 1.57. The summed E-state index contributed by atoms with van der Waals surface area (Å²) in [5.74, 6) is -0.857. The zero-order valence-electron chi connectivity index (χ0n) is 16.2. The topological polar surface area (TPSA) is 105 Å². The number of rotatable bonds is 7. The predicted octanol–water partition coefficient (Wildman–Crippen LogP) is 2.07. The molecular weight excluding hydrogens is 374 g/mol. The van der Waals surface area contributed by atoms with Gasteiger partial charge in [-0.2, -0.15) is 0 Å². The molecule has 0 fully saturated rings. The number of nitrogens with zero attached hydrogens (tertiary/aromatic N) is 1. The lowest BCUT2D eigenvalue weighted by atomic mass is 10.1. The number of benzene rings is 2. The maximum absolute atomic E-state index is 12.3. The van der Waals surface area contributed by atoms with Crippen LogP contribution in [0.3, 0.4) is 0 Å². The van der Waals surface area contributed by atoms with Crippen LogP contribution in [0.1, 0.15) is 43.9 Å². The highest BCUT2D eigenvalue weighted by molar-refractivity contribution is 6.21. The highest BCUT2D eigenvalue weighted by Crippen LogP contribution is 2.26. The number of ether oxygens (including phenoxy) is 1. The summed E-state index contributed by atoms with van der Waals surface area (Å²) in [6.45, 7) is 0.159. The highest BCUT2D eigenvalue weighted by atomic mass is 16.5. The minimum Gasteiger partial charge on any atom is -0.495 e. The Hall–Kier alpha value is -3.68. The van der Waals surface area contributed by atoms with Gasteiger partial charge in [0.15, 0.2) is 0 Å². The first kappa shape index (κ1) is 20.1. The van der Waals surface area contributed by atoms with Gasteiger partial charge in [0.25, 0.3) is 17.7 Å². The molecule has 1 aliphatic rings.